The van der Waals surface area contributed by atoms with E-state index < -0.39 is 0 Å². The molecular formula is C20H40N2O2S2. The third-order valence-corrected chi connectivity index (χ3v) is 4.63. The van der Waals surface area contributed by atoms with E-state index in [9.17, 15) is 0 Å². The minimum atomic E-state index is 0.546. The second-order valence-corrected chi connectivity index (χ2v) is 7.40. The van der Waals surface area contributed by atoms with Crippen LogP contribution in [0.15, 0.2) is 0 Å². The van der Waals surface area contributed by atoms with Gasteiger partial charge in [0.15, 0.2) is 0 Å². The Kier molecular flexibility index (Phi) is 20.2. The van der Waals surface area contributed by atoms with Gasteiger partial charge < -0.3 is 20.1 Å². The molecule has 0 aromatic heterocycles. The van der Waals surface area contributed by atoms with Crippen LogP contribution in [0.2, 0.25) is 0 Å². The van der Waals surface area contributed by atoms with E-state index in [1.165, 1.54) is 51.4 Å². The number of hydrogen-bond acceptors (Lipinski definition) is 4. The van der Waals surface area contributed by atoms with Gasteiger partial charge in [-0.25, -0.2) is 0 Å². The standard InChI is InChI=1S/C20H40N2O2S2/c1-3-5-7-13-17-23-19(25)21-15-11-9-10-12-16-22-20(26)24-18-14-8-6-4-2/h3-18H2,1-2H3,(H,21,25)(H,22,26). The summed E-state index contributed by atoms with van der Waals surface area (Å²) in [6.07, 6.45) is 14.2. The lowest BCUT2D eigenvalue weighted by molar-refractivity contribution is 0.286. The second kappa shape index (κ2) is 20.7. The minimum absolute atomic E-state index is 0.546. The molecule has 0 radical (unpaired) electrons. The molecule has 4 nitrogen and oxygen atoms in total. The smallest absolute Gasteiger partial charge is 0.256 e. The number of hydrogen-bond donors (Lipinski definition) is 2. The lowest BCUT2D eigenvalue weighted by Crippen LogP contribution is -2.26. The molecule has 0 aliphatic carbocycles. The van der Waals surface area contributed by atoms with E-state index in [1.807, 2.05) is 0 Å². The van der Waals surface area contributed by atoms with E-state index >= 15 is 0 Å². The van der Waals surface area contributed by atoms with Crippen molar-refractivity contribution in [3.05, 3.63) is 0 Å². The predicted molar refractivity (Wildman–Crippen MR) is 120 cm³/mol. The Labute approximate surface area is 172 Å². The number of thiocarbonyl (C=S) groups is 2. The summed E-state index contributed by atoms with van der Waals surface area (Å²) in [4.78, 5) is 0. The van der Waals surface area contributed by atoms with Gasteiger partial charge in [0, 0.05) is 13.1 Å². The van der Waals surface area contributed by atoms with Crippen LogP contribution in [0.25, 0.3) is 0 Å². The number of rotatable bonds is 17. The Morgan fingerprint density at radius 3 is 1.35 bits per heavy atom. The molecule has 0 fully saturated rings. The van der Waals surface area contributed by atoms with Crippen LogP contribution in [0.4, 0.5) is 0 Å². The molecule has 0 unspecified atom stereocenters. The third kappa shape index (κ3) is 19.7. The highest BCUT2D eigenvalue weighted by Gasteiger charge is 1.98. The Morgan fingerprint density at radius 2 is 0.962 bits per heavy atom. The van der Waals surface area contributed by atoms with Crippen molar-refractivity contribution in [3.8, 4) is 0 Å². The molecule has 0 saturated heterocycles. The predicted octanol–water partition coefficient (Wildman–Crippen LogP) is 5.49. The average Bonchev–Trinajstić information content (AvgIpc) is 2.63. The summed E-state index contributed by atoms with van der Waals surface area (Å²) in [5.41, 5.74) is 0. The average molecular weight is 405 g/mol. The van der Waals surface area contributed by atoms with E-state index in [0.29, 0.717) is 10.3 Å². The summed E-state index contributed by atoms with van der Waals surface area (Å²) in [5, 5.41) is 7.44. The first-order chi connectivity index (χ1) is 12.7. The largest absolute Gasteiger partial charge is 0.471 e. The maximum absolute atomic E-state index is 5.50. The first-order valence-electron chi connectivity index (χ1n) is 10.5. The molecule has 154 valence electrons. The van der Waals surface area contributed by atoms with E-state index in [1.54, 1.807) is 0 Å². The van der Waals surface area contributed by atoms with Crippen molar-refractivity contribution in [1.29, 1.82) is 0 Å². The van der Waals surface area contributed by atoms with Gasteiger partial charge in [-0.2, -0.15) is 0 Å². The first kappa shape index (κ1) is 25.4. The highest BCUT2D eigenvalue weighted by atomic mass is 32.1. The summed E-state index contributed by atoms with van der Waals surface area (Å²) in [6, 6.07) is 0. The molecule has 0 rings (SSSR count). The highest BCUT2D eigenvalue weighted by Crippen LogP contribution is 2.01. The SMILES string of the molecule is CCCCCCOC(=S)NCCCCCCNC(=S)OCCCCCC. The van der Waals surface area contributed by atoms with E-state index in [-0.39, 0.29) is 0 Å². The zero-order valence-electron chi connectivity index (χ0n) is 16.9. The topological polar surface area (TPSA) is 42.5 Å². The highest BCUT2D eigenvalue weighted by molar-refractivity contribution is 7.80. The molecule has 0 aliphatic rings. The van der Waals surface area contributed by atoms with Gasteiger partial charge in [-0.05, 0) is 50.1 Å². The molecule has 6 heteroatoms. The molecule has 0 aromatic carbocycles. The van der Waals surface area contributed by atoms with E-state index in [2.05, 4.69) is 24.5 Å². The van der Waals surface area contributed by atoms with Gasteiger partial charge in [0.05, 0.1) is 13.2 Å². The second-order valence-electron chi connectivity index (χ2n) is 6.66. The van der Waals surface area contributed by atoms with Crippen LogP contribution in [0, 0.1) is 0 Å². The fourth-order valence-corrected chi connectivity index (χ4v) is 2.84. The fourth-order valence-electron chi connectivity index (χ4n) is 2.47. The fraction of sp³-hybridized carbons (Fsp3) is 0.900. The van der Waals surface area contributed by atoms with Gasteiger partial charge in [0.1, 0.15) is 0 Å². The van der Waals surface area contributed by atoms with Gasteiger partial charge in [-0.1, -0.05) is 65.2 Å². The van der Waals surface area contributed by atoms with Gasteiger partial charge in [-0.15, -0.1) is 0 Å². The van der Waals surface area contributed by atoms with Crippen LogP contribution >= 0.6 is 24.4 Å². The van der Waals surface area contributed by atoms with Crippen molar-refractivity contribution < 1.29 is 9.47 Å². The van der Waals surface area contributed by atoms with Gasteiger partial charge in [0.2, 0.25) is 0 Å². The molecule has 0 amide bonds. The zero-order chi connectivity index (χ0) is 19.3. The van der Waals surface area contributed by atoms with Crippen LogP contribution in [0.1, 0.15) is 90.9 Å². The molecule has 0 heterocycles. The summed E-state index contributed by atoms with van der Waals surface area (Å²) in [7, 11) is 0. The lowest BCUT2D eigenvalue weighted by atomic mass is 10.2. The molecule has 0 bridgehead atoms. The first-order valence-corrected chi connectivity index (χ1v) is 11.3. The molecular weight excluding hydrogens is 364 g/mol. The molecule has 0 saturated carbocycles. The third-order valence-electron chi connectivity index (χ3n) is 4.10. The molecule has 2 N–H and O–H groups in total. The van der Waals surface area contributed by atoms with Crippen LogP contribution in [-0.4, -0.2) is 36.7 Å². The molecule has 0 atom stereocenters. The Hall–Kier alpha value is -0.620. The lowest BCUT2D eigenvalue weighted by Gasteiger charge is -2.10. The summed E-state index contributed by atoms with van der Waals surface area (Å²) < 4.78 is 11.0. The maximum Gasteiger partial charge on any atom is 0.256 e. The van der Waals surface area contributed by atoms with Crippen molar-refractivity contribution in [2.24, 2.45) is 0 Å². The van der Waals surface area contributed by atoms with E-state index in [0.717, 1.165) is 52.0 Å². The Bertz CT molecular complexity index is 310. The maximum atomic E-state index is 5.50. The quantitative estimate of drug-likeness (QED) is 0.247. The van der Waals surface area contributed by atoms with E-state index in [4.69, 9.17) is 33.9 Å². The van der Waals surface area contributed by atoms with Crippen LogP contribution < -0.4 is 10.6 Å². The molecule has 0 aromatic rings. The normalized spacial score (nSPS) is 10.4. The summed E-state index contributed by atoms with van der Waals surface area (Å²) >= 11 is 10.3. The van der Waals surface area contributed by atoms with Crippen molar-refractivity contribution in [2.75, 3.05) is 26.3 Å². The van der Waals surface area contributed by atoms with Gasteiger partial charge >= 0.3 is 0 Å². The van der Waals surface area contributed by atoms with Crippen molar-refractivity contribution >= 4 is 34.8 Å². The zero-order valence-corrected chi connectivity index (χ0v) is 18.6. The molecule has 0 aliphatic heterocycles. The molecule has 26 heavy (non-hydrogen) atoms. The number of ether oxygens (including phenoxy) is 2. The Balaban J connectivity index is 3.25. The van der Waals surface area contributed by atoms with Crippen molar-refractivity contribution in [2.45, 2.75) is 90.9 Å². The number of nitrogens with one attached hydrogen (secondary N) is 2. The monoisotopic (exact) mass is 404 g/mol. The van der Waals surface area contributed by atoms with Gasteiger partial charge in [-0.3, -0.25) is 0 Å². The minimum Gasteiger partial charge on any atom is -0.471 e. The molecule has 0 spiro atoms. The van der Waals surface area contributed by atoms with Crippen molar-refractivity contribution in [3.63, 3.8) is 0 Å². The van der Waals surface area contributed by atoms with Gasteiger partial charge in [0.25, 0.3) is 10.3 Å². The summed E-state index contributed by atoms with van der Waals surface area (Å²) in [5.74, 6) is 0. The van der Waals surface area contributed by atoms with Crippen LogP contribution in [0.3, 0.4) is 0 Å². The van der Waals surface area contributed by atoms with Crippen LogP contribution in [0.5, 0.6) is 0 Å². The van der Waals surface area contributed by atoms with Crippen molar-refractivity contribution in [1.82, 2.24) is 10.6 Å². The summed E-state index contributed by atoms with van der Waals surface area (Å²) in [6.45, 7) is 7.67. The Morgan fingerprint density at radius 1 is 0.577 bits per heavy atom. The number of unbranched alkanes of at least 4 members (excludes halogenated alkanes) is 9. The van der Waals surface area contributed by atoms with Crippen LogP contribution in [-0.2, 0) is 9.47 Å².